The number of fused-ring (bicyclic) bond motifs is 3. The molecule has 0 aliphatic carbocycles. The van der Waals surface area contributed by atoms with E-state index in [9.17, 15) is 9.59 Å². The highest BCUT2D eigenvalue weighted by molar-refractivity contribution is 6.15. The summed E-state index contributed by atoms with van der Waals surface area (Å²) >= 11 is 0. The molecule has 5 rings (SSSR count). The lowest BCUT2D eigenvalue weighted by atomic mass is 10.0. The largest absolute Gasteiger partial charge is 0.444 e. The van der Waals surface area contributed by atoms with Gasteiger partial charge in [-0.15, -0.1) is 0 Å². The van der Waals surface area contributed by atoms with Gasteiger partial charge in [0, 0.05) is 23.7 Å². The van der Waals surface area contributed by atoms with Gasteiger partial charge in [-0.05, 0) is 44.5 Å². The topological polar surface area (TPSA) is 84.7 Å². The predicted molar refractivity (Wildman–Crippen MR) is 152 cm³/mol. The minimum atomic E-state index is -0.869. The maximum atomic E-state index is 13.8. The highest BCUT2D eigenvalue weighted by Gasteiger charge is 2.30. The number of para-hydroxylation sites is 1. The van der Waals surface area contributed by atoms with Gasteiger partial charge in [0.25, 0.3) is 0 Å². The SMILES string of the molecule is CC(C)(C)OC(=O)N[C@@H](Cc1ccccc1)C(=O)NC1N=C(c2ccccc2)c2ccccc2-n2cccc21. The fourth-order valence-electron chi connectivity index (χ4n) is 4.66. The standard InChI is InChI=1S/C32H32N4O3/c1-32(2,3)39-31(38)33-25(21-22-13-6-4-7-14-22)30(37)35-29-27-19-12-20-36(27)26-18-11-10-17-24(26)28(34-29)23-15-8-5-9-16-23/h4-20,25,29H,21H2,1-3H3,(H,33,38)(H,35,37)/t25-,29?/m0/s1. The summed E-state index contributed by atoms with van der Waals surface area (Å²) in [5.74, 6) is -0.357. The second kappa shape index (κ2) is 11.0. The highest BCUT2D eigenvalue weighted by atomic mass is 16.6. The summed E-state index contributed by atoms with van der Waals surface area (Å²) in [6.45, 7) is 5.36. The lowest BCUT2D eigenvalue weighted by molar-refractivity contribution is -0.123. The summed E-state index contributed by atoms with van der Waals surface area (Å²) in [4.78, 5) is 31.6. The van der Waals surface area contributed by atoms with Gasteiger partial charge in [-0.1, -0.05) is 78.9 Å². The number of aliphatic imine (C=N–C) groups is 1. The maximum absolute atomic E-state index is 13.8. The molecule has 3 aromatic carbocycles. The molecule has 1 aliphatic heterocycles. The third kappa shape index (κ3) is 6.09. The van der Waals surface area contributed by atoms with Gasteiger partial charge in [-0.3, -0.25) is 9.79 Å². The molecule has 7 heteroatoms. The molecule has 2 amide bonds. The molecule has 0 fully saturated rings. The number of hydrogen-bond acceptors (Lipinski definition) is 4. The van der Waals surface area contributed by atoms with Crippen LogP contribution in [0.15, 0.2) is 108 Å². The normalized spacial score (nSPS) is 15.2. The minimum absolute atomic E-state index is 0.301. The van der Waals surface area contributed by atoms with Crippen molar-refractivity contribution >= 4 is 17.7 Å². The maximum Gasteiger partial charge on any atom is 0.408 e. The van der Waals surface area contributed by atoms with E-state index in [0.29, 0.717) is 6.42 Å². The Hall–Kier alpha value is -4.65. The molecule has 2 N–H and O–H groups in total. The number of rotatable bonds is 6. The fourth-order valence-corrected chi connectivity index (χ4v) is 4.66. The van der Waals surface area contributed by atoms with Crippen LogP contribution in [0, 0.1) is 0 Å². The number of amides is 2. The first-order valence-electron chi connectivity index (χ1n) is 13.0. The van der Waals surface area contributed by atoms with Crippen LogP contribution >= 0.6 is 0 Å². The second-order valence-corrected chi connectivity index (χ2v) is 10.5. The van der Waals surface area contributed by atoms with Crippen LogP contribution < -0.4 is 10.6 Å². The molecule has 0 spiro atoms. The summed E-state index contributed by atoms with van der Waals surface area (Å²) in [6.07, 6.45) is 0.935. The van der Waals surface area contributed by atoms with E-state index in [1.54, 1.807) is 20.8 Å². The predicted octanol–water partition coefficient (Wildman–Crippen LogP) is 5.58. The first-order valence-corrected chi connectivity index (χ1v) is 13.0. The van der Waals surface area contributed by atoms with E-state index in [1.807, 2.05) is 108 Å². The van der Waals surface area contributed by atoms with Crippen molar-refractivity contribution in [3.8, 4) is 5.69 Å². The van der Waals surface area contributed by atoms with Crippen LogP contribution in [-0.4, -0.2) is 33.9 Å². The van der Waals surface area contributed by atoms with Crippen LogP contribution in [0.1, 0.15) is 49.3 Å². The molecular formula is C32H32N4O3. The minimum Gasteiger partial charge on any atom is -0.444 e. The molecular weight excluding hydrogens is 488 g/mol. The average Bonchev–Trinajstić information content (AvgIpc) is 3.36. The summed E-state index contributed by atoms with van der Waals surface area (Å²) in [6, 6.07) is 30.6. The van der Waals surface area contributed by atoms with Gasteiger partial charge >= 0.3 is 6.09 Å². The van der Waals surface area contributed by atoms with Crippen molar-refractivity contribution in [2.45, 2.75) is 45.0 Å². The number of nitrogens with one attached hydrogen (secondary N) is 2. The molecule has 4 aromatic rings. The number of alkyl carbamates (subject to hydrolysis) is 1. The summed E-state index contributed by atoms with van der Waals surface area (Å²) in [5.41, 5.74) is 4.70. The van der Waals surface area contributed by atoms with E-state index in [-0.39, 0.29) is 5.91 Å². The van der Waals surface area contributed by atoms with Gasteiger partial charge in [0.05, 0.1) is 17.1 Å². The first kappa shape index (κ1) is 26.0. The Bertz CT molecular complexity index is 1490. The van der Waals surface area contributed by atoms with Crippen molar-refractivity contribution in [2.24, 2.45) is 4.99 Å². The number of aromatic nitrogens is 1. The summed E-state index contributed by atoms with van der Waals surface area (Å²) in [5, 5.41) is 5.88. The van der Waals surface area contributed by atoms with Crippen LogP contribution in [0.5, 0.6) is 0 Å². The Morgan fingerprint density at radius 3 is 2.28 bits per heavy atom. The number of ether oxygens (including phenoxy) is 1. The summed E-state index contributed by atoms with van der Waals surface area (Å²) in [7, 11) is 0. The van der Waals surface area contributed by atoms with Gasteiger partial charge in [0.15, 0.2) is 6.17 Å². The van der Waals surface area contributed by atoms with Crippen molar-refractivity contribution in [1.82, 2.24) is 15.2 Å². The third-order valence-corrected chi connectivity index (χ3v) is 6.35. The Kier molecular flexibility index (Phi) is 7.32. The fraction of sp³-hybridized carbons (Fsp3) is 0.219. The van der Waals surface area contributed by atoms with E-state index in [2.05, 4.69) is 10.6 Å². The van der Waals surface area contributed by atoms with E-state index in [1.165, 1.54) is 0 Å². The zero-order valence-electron chi connectivity index (χ0n) is 22.3. The average molecular weight is 521 g/mol. The van der Waals surface area contributed by atoms with Crippen molar-refractivity contribution in [1.29, 1.82) is 0 Å². The number of carbonyl (C=O) groups excluding carboxylic acids is 2. The molecule has 0 bridgehead atoms. The zero-order valence-corrected chi connectivity index (χ0v) is 22.3. The van der Waals surface area contributed by atoms with Crippen LogP contribution in [0.3, 0.4) is 0 Å². The number of hydrogen-bond donors (Lipinski definition) is 2. The zero-order chi connectivity index (χ0) is 27.4. The van der Waals surface area contributed by atoms with Gasteiger partial charge in [-0.2, -0.15) is 0 Å². The van der Waals surface area contributed by atoms with E-state index >= 15 is 0 Å². The number of benzene rings is 3. The van der Waals surface area contributed by atoms with E-state index in [0.717, 1.165) is 33.8 Å². The molecule has 0 saturated carbocycles. The first-order chi connectivity index (χ1) is 18.8. The lowest BCUT2D eigenvalue weighted by Crippen LogP contribution is -2.50. The van der Waals surface area contributed by atoms with E-state index < -0.39 is 23.9 Å². The van der Waals surface area contributed by atoms with Crippen LogP contribution in [0.25, 0.3) is 5.69 Å². The van der Waals surface area contributed by atoms with Crippen molar-refractivity contribution in [3.05, 3.63) is 126 Å². The van der Waals surface area contributed by atoms with Gasteiger partial charge < -0.3 is 19.9 Å². The molecule has 1 aliphatic rings. The van der Waals surface area contributed by atoms with E-state index in [4.69, 9.17) is 9.73 Å². The Labute approximate surface area is 228 Å². The van der Waals surface area contributed by atoms with Gasteiger partial charge in [-0.25, -0.2) is 4.79 Å². The molecule has 198 valence electrons. The molecule has 2 heterocycles. The summed E-state index contributed by atoms with van der Waals surface area (Å²) < 4.78 is 7.51. The molecule has 1 unspecified atom stereocenters. The van der Waals surface area contributed by atoms with Gasteiger partial charge in [0.1, 0.15) is 11.6 Å². The smallest absolute Gasteiger partial charge is 0.408 e. The monoisotopic (exact) mass is 520 g/mol. The molecule has 1 aromatic heterocycles. The molecule has 0 saturated heterocycles. The Balaban J connectivity index is 1.50. The second-order valence-electron chi connectivity index (χ2n) is 10.5. The molecule has 2 atom stereocenters. The Morgan fingerprint density at radius 1 is 0.897 bits per heavy atom. The molecule has 7 nitrogen and oxygen atoms in total. The quantitative estimate of drug-likeness (QED) is 0.348. The number of carbonyl (C=O) groups is 2. The number of nitrogens with zero attached hydrogens (tertiary/aromatic N) is 2. The lowest BCUT2D eigenvalue weighted by Gasteiger charge is -2.25. The van der Waals surface area contributed by atoms with Crippen molar-refractivity contribution in [3.63, 3.8) is 0 Å². The van der Waals surface area contributed by atoms with Crippen molar-refractivity contribution in [2.75, 3.05) is 0 Å². The third-order valence-electron chi connectivity index (χ3n) is 6.35. The van der Waals surface area contributed by atoms with Crippen LogP contribution in [0.4, 0.5) is 4.79 Å². The highest BCUT2D eigenvalue weighted by Crippen LogP contribution is 2.30. The Morgan fingerprint density at radius 2 is 1.56 bits per heavy atom. The van der Waals surface area contributed by atoms with Crippen molar-refractivity contribution < 1.29 is 14.3 Å². The van der Waals surface area contributed by atoms with Gasteiger partial charge in [0.2, 0.25) is 5.91 Å². The van der Waals surface area contributed by atoms with Crippen LogP contribution in [0.2, 0.25) is 0 Å². The molecule has 39 heavy (non-hydrogen) atoms. The molecule has 0 radical (unpaired) electrons. The van der Waals surface area contributed by atoms with Crippen LogP contribution in [-0.2, 0) is 16.0 Å².